The first-order valence-corrected chi connectivity index (χ1v) is 6.36. The minimum absolute atomic E-state index is 0.178. The first kappa shape index (κ1) is 15.0. The minimum atomic E-state index is -1.02. The van der Waals surface area contributed by atoms with Crippen molar-refractivity contribution in [3.05, 3.63) is 35.9 Å². The van der Waals surface area contributed by atoms with Gasteiger partial charge in [-0.05, 0) is 17.9 Å². The summed E-state index contributed by atoms with van der Waals surface area (Å²) in [6.45, 7) is 4.18. The van der Waals surface area contributed by atoms with E-state index in [0.29, 0.717) is 13.0 Å². The normalized spacial score (nSPS) is 13.4. The monoisotopic (exact) mass is 264 g/mol. The molecule has 0 bridgehead atoms. The topological polar surface area (TPSA) is 78.4 Å². The van der Waals surface area contributed by atoms with E-state index in [-0.39, 0.29) is 5.92 Å². The maximum Gasteiger partial charge on any atom is 0.326 e. The Kier molecular flexibility index (Phi) is 5.85. The number of carboxylic acid groups (broad SMARTS) is 1. The Morgan fingerprint density at radius 2 is 1.89 bits per heavy atom. The van der Waals surface area contributed by atoms with Crippen LogP contribution in [-0.4, -0.2) is 29.7 Å². The van der Waals surface area contributed by atoms with Crippen molar-refractivity contribution in [2.24, 2.45) is 0 Å². The van der Waals surface area contributed by atoms with Crippen LogP contribution in [0, 0.1) is 0 Å². The molecule has 1 unspecified atom stereocenters. The number of carbonyl (C=O) groups excluding carboxylic acids is 1. The van der Waals surface area contributed by atoms with E-state index in [1.54, 1.807) is 6.92 Å². The molecule has 1 rings (SSSR count). The van der Waals surface area contributed by atoms with Crippen LogP contribution >= 0.6 is 0 Å². The molecule has 2 atom stereocenters. The highest BCUT2D eigenvalue weighted by Gasteiger charge is 2.17. The molecule has 3 N–H and O–H groups in total. The Balaban J connectivity index is 2.40. The summed E-state index contributed by atoms with van der Waals surface area (Å²) in [4.78, 5) is 22.4. The number of hydrogen-bond acceptors (Lipinski definition) is 2. The standard InChI is InChI=1S/C14H20N2O3/c1-3-12(13(17)18)16-14(19)15-9-10(2)11-7-5-4-6-8-11/h4-8,10,12H,3,9H2,1-2H3,(H,17,18)(H2,15,16,19)/t10?,12-/m0/s1. The third-order valence-electron chi connectivity index (χ3n) is 2.95. The number of aliphatic carboxylic acids is 1. The highest BCUT2D eigenvalue weighted by Crippen LogP contribution is 2.12. The molecular formula is C14H20N2O3. The molecule has 0 saturated heterocycles. The number of benzene rings is 1. The van der Waals surface area contributed by atoms with E-state index in [0.717, 1.165) is 5.56 Å². The van der Waals surface area contributed by atoms with Gasteiger partial charge in [-0.15, -0.1) is 0 Å². The zero-order valence-electron chi connectivity index (χ0n) is 11.2. The summed E-state index contributed by atoms with van der Waals surface area (Å²) >= 11 is 0. The number of nitrogens with one attached hydrogen (secondary N) is 2. The Bertz CT molecular complexity index is 420. The third kappa shape index (κ3) is 4.99. The fraction of sp³-hybridized carbons (Fsp3) is 0.429. The molecule has 104 valence electrons. The summed E-state index contributed by atoms with van der Waals surface area (Å²) in [5.41, 5.74) is 1.13. The van der Waals surface area contributed by atoms with Crippen molar-refractivity contribution in [1.29, 1.82) is 0 Å². The number of carbonyl (C=O) groups is 2. The number of carboxylic acids is 1. The molecule has 0 radical (unpaired) electrons. The zero-order chi connectivity index (χ0) is 14.3. The average molecular weight is 264 g/mol. The van der Waals surface area contributed by atoms with Crippen molar-refractivity contribution < 1.29 is 14.7 Å². The summed E-state index contributed by atoms with van der Waals surface area (Å²) in [5.74, 6) is -0.842. The second kappa shape index (κ2) is 7.41. The van der Waals surface area contributed by atoms with Crippen molar-refractivity contribution in [1.82, 2.24) is 10.6 Å². The maximum atomic E-state index is 11.6. The number of rotatable bonds is 6. The van der Waals surface area contributed by atoms with E-state index in [2.05, 4.69) is 10.6 Å². The largest absolute Gasteiger partial charge is 0.480 e. The van der Waals surface area contributed by atoms with Gasteiger partial charge in [0.25, 0.3) is 0 Å². The molecule has 0 aromatic heterocycles. The highest BCUT2D eigenvalue weighted by atomic mass is 16.4. The van der Waals surface area contributed by atoms with E-state index in [9.17, 15) is 9.59 Å². The molecule has 0 saturated carbocycles. The third-order valence-corrected chi connectivity index (χ3v) is 2.95. The molecule has 1 aromatic carbocycles. The predicted molar refractivity (Wildman–Crippen MR) is 73.1 cm³/mol. The number of urea groups is 1. The van der Waals surface area contributed by atoms with Gasteiger partial charge in [0.1, 0.15) is 6.04 Å². The molecule has 0 heterocycles. The van der Waals surface area contributed by atoms with Crippen LogP contribution in [0.4, 0.5) is 4.79 Å². The van der Waals surface area contributed by atoms with Crippen LogP contribution < -0.4 is 10.6 Å². The lowest BCUT2D eigenvalue weighted by Crippen LogP contribution is -2.46. The second-order valence-electron chi connectivity index (χ2n) is 4.47. The summed E-state index contributed by atoms with van der Waals surface area (Å²) in [7, 11) is 0. The van der Waals surface area contributed by atoms with Crippen LogP contribution in [0.25, 0.3) is 0 Å². The van der Waals surface area contributed by atoms with Crippen molar-refractivity contribution >= 4 is 12.0 Å². The van der Waals surface area contributed by atoms with Crippen molar-refractivity contribution in [3.63, 3.8) is 0 Å². The van der Waals surface area contributed by atoms with E-state index >= 15 is 0 Å². The molecule has 19 heavy (non-hydrogen) atoms. The fourth-order valence-corrected chi connectivity index (χ4v) is 1.69. The minimum Gasteiger partial charge on any atom is -0.480 e. The van der Waals surface area contributed by atoms with Gasteiger partial charge in [0.2, 0.25) is 0 Å². The summed E-state index contributed by atoms with van der Waals surface area (Å²) in [6, 6.07) is 8.54. The Hall–Kier alpha value is -2.04. The van der Waals surface area contributed by atoms with Gasteiger partial charge < -0.3 is 15.7 Å². The van der Waals surface area contributed by atoms with Gasteiger partial charge in [0, 0.05) is 6.54 Å². The molecule has 2 amide bonds. The first-order valence-electron chi connectivity index (χ1n) is 6.36. The van der Waals surface area contributed by atoms with Crippen LogP contribution in [0.1, 0.15) is 31.7 Å². The molecular weight excluding hydrogens is 244 g/mol. The SMILES string of the molecule is CC[C@H](NC(=O)NCC(C)c1ccccc1)C(=O)O. The molecule has 0 spiro atoms. The van der Waals surface area contributed by atoms with Crippen LogP contribution in [0.3, 0.4) is 0 Å². The zero-order valence-corrected chi connectivity index (χ0v) is 11.2. The molecule has 0 fully saturated rings. The Morgan fingerprint density at radius 3 is 2.42 bits per heavy atom. The molecule has 5 nitrogen and oxygen atoms in total. The molecule has 1 aromatic rings. The smallest absolute Gasteiger partial charge is 0.326 e. The van der Waals surface area contributed by atoms with Gasteiger partial charge in [-0.25, -0.2) is 9.59 Å². The van der Waals surface area contributed by atoms with Gasteiger partial charge in [-0.1, -0.05) is 44.2 Å². The summed E-state index contributed by atoms with van der Waals surface area (Å²) in [5, 5.41) is 13.9. The Labute approximate surface area is 113 Å². The van der Waals surface area contributed by atoms with Gasteiger partial charge in [0.05, 0.1) is 0 Å². The van der Waals surface area contributed by atoms with Gasteiger partial charge in [-0.2, -0.15) is 0 Å². The highest BCUT2D eigenvalue weighted by molar-refractivity contribution is 5.82. The number of hydrogen-bond donors (Lipinski definition) is 3. The fourth-order valence-electron chi connectivity index (χ4n) is 1.69. The first-order chi connectivity index (χ1) is 9.04. The molecule has 0 aliphatic rings. The molecule has 5 heteroatoms. The van der Waals surface area contributed by atoms with Crippen molar-refractivity contribution in [2.75, 3.05) is 6.54 Å². The Morgan fingerprint density at radius 1 is 1.26 bits per heavy atom. The average Bonchev–Trinajstić information content (AvgIpc) is 2.42. The maximum absolute atomic E-state index is 11.6. The van der Waals surface area contributed by atoms with Gasteiger partial charge in [-0.3, -0.25) is 0 Å². The van der Waals surface area contributed by atoms with E-state index in [4.69, 9.17) is 5.11 Å². The summed E-state index contributed by atoms with van der Waals surface area (Å²) in [6.07, 6.45) is 0.358. The molecule has 0 aliphatic carbocycles. The van der Waals surface area contributed by atoms with Crippen molar-refractivity contribution in [2.45, 2.75) is 32.2 Å². The second-order valence-corrected chi connectivity index (χ2v) is 4.47. The van der Waals surface area contributed by atoms with E-state index in [1.165, 1.54) is 0 Å². The van der Waals surface area contributed by atoms with E-state index in [1.807, 2.05) is 37.3 Å². The van der Waals surface area contributed by atoms with Crippen LogP contribution in [0.2, 0.25) is 0 Å². The van der Waals surface area contributed by atoms with Gasteiger partial charge in [0.15, 0.2) is 0 Å². The lowest BCUT2D eigenvalue weighted by atomic mass is 10.0. The van der Waals surface area contributed by atoms with Gasteiger partial charge >= 0.3 is 12.0 Å². The summed E-state index contributed by atoms with van der Waals surface area (Å²) < 4.78 is 0. The van der Waals surface area contributed by atoms with Crippen LogP contribution in [0.5, 0.6) is 0 Å². The lowest BCUT2D eigenvalue weighted by Gasteiger charge is -2.16. The van der Waals surface area contributed by atoms with Crippen LogP contribution in [0.15, 0.2) is 30.3 Å². The predicted octanol–water partition coefficient (Wildman–Crippen LogP) is 1.95. The van der Waals surface area contributed by atoms with Crippen molar-refractivity contribution in [3.8, 4) is 0 Å². The number of amides is 2. The lowest BCUT2D eigenvalue weighted by molar-refractivity contribution is -0.139. The van der Waals surface area contributed by atoms with Crippen LogP contribution in [-0.2, 0) is 4.79 Å². The van der Waals surface area contributed by atoms with E-state index < -0.39 is 18.0 Å². The quantitative estimate of drug-likeness (QED) is 0.735. The molecule has 0 aliphatic heterocycles.